The van der Waals surface area contributed by atoms with Gasteiger partial charge in [-0.1, -0.05) is 13.3 Å². The molecule has 0 aliphatic rings. The molecule has 1 aromatic rings. The lowest BCUT2D eigenvalue weighted by atomic mass is 10.3. The summed E-state index contributed by atoms with van der Waals surface area (Å²) >= 11 is 0. The van der Waals surface area contributed by atoms with Crippen LogP contribution in [0.2, 0.25) is 0 Å². The molecule has 2 N–H and O–H groups in total. The fourth-order valence-electron chi connectivity index (χ4n) is 1.90. The van der Waals surface area contributed by atoms with Gasteiger partial charge in [0.05, 0.1) is 4.90 Å². The summed E-state index contributed by atoms with van der Waals surface area (Å²) in [6, 6.07) is 5.98. The zero-order valence-corrected chi connectivity index (χ0v) is 14.2. The summed E-state index contributed by atoms with van der Waals surface area (Å²) in [5.41, 5.74) is 0.574. The van der Waals surface area contributed by atoms with Crippen molar-refractivity contribution in [2.75, 3.05) is 25.0 Å². The van der Waals surface area contributed by atoms with Gasteiger partial charge in [-0.15, -0.1) is 0 Å². The number of hydrogen-bond donors (Lipinski definition) is 2. The van der Waals surface area contributed by atoms with Crippen molar-refractivity contribution in [1.82, 2.24) is 9.62 Å². The van der Waals surface area contributed by atoms with Gasteiger partial charge < -0.3 is 10.2 Å². The first kappa shape index (κ1) is 18.4. The van der Waals surface area contributed by atoms with Crippen molar-refractivity contribution >= 4 is 21.7 Å². The van der Waals surface area contributed by atoms with Gasteiger partial charge in [-0.2, -0.15) is 0 Å². The molecule has 0 fully saturated rings. The van der Waals surface area contributed by atoms with E-state index in [1.54, 1.807) is 17.0 Å². The van der Waals surface area contributed by atoms with Crippen LogP contribution in [0.1, 0.15) is 33.6 Å². The van der Waals surface area contributed by atoms with Crippen molar-refractivity contribution in [1.29, 1.82) is 0 Å². The molecule has 0 unspecified atom stereocenters. The topological polar surface area (TPSA) is 78.5 Å². The van der Waals surface area contributed by atoms with Crippen LogP contribution in [-0.4, -0.2) is 39.0 Å². The Morgan fingerprint density at radius 2 is 1.68 bits per heavy atom. The van der Waals surface area contributed by atoms with E-state index in [4.69, 9.17) is 0 Å². The second kappa shape index (κ2) is 8.75. The molecule has 6 nitrogen and oxygen atoms in total. The zero-order chi connectivity index (χ0) is 16.6. The number of urea groups is 1. The Hall–Kier alpha value is -1.60. The lowest BCUT2D eigenvalue weighted by molar-refractivity contribution is 0.217. The molecule has 0 aliphatic heterocycles. The van der Waals surface area contributed by atoms with Crippen LogP contribution < -0.4 is 10.0 Å². The second-order valence-electron chi connectivity index (χ2n) is 4.88. The van der Waals surface area contributed by atoms with Gasteiger partial charge in [-0.05, 0) is 44.5 Å². The lowest BCUT2D eigenvalue weighted by Gasteiger charge is -2.19. The van der Waals surface area contributed by atoms with Crippen LogP contribution in [0.4, 0.5) is 10.5 Å². The largest absolute Gasteiger partial charge is 0.325 e. The summed E-state index contributed by atoms with van der Waals surface area (Å²) in [7, 11) is -3.48. The third-order valence-corrected chi connectivity index (χ3v) is 4.77. The number of unbranched alkanes of at least 4 members (excludes halogenated alkanes) is 1. The first-order chi connectivity index (χ1) is 10.4. The first-order valence-corrected chi connectivity index (χ1v) is 9.08. The van der Waals surface area contributed by atoms with Gasteiger partial charge in [0.15, 0.2) is 0 Å². The van der Waals surface area contributed by atoms with E-state index < -0.39 is 10.0 Å². The molecule has 0 bridgehead atoms. The maximum absolute atomic E-state index is 12.0. The highest BCUT2D eigenvalue weighted by Crippen LogP contribution is 2.14. The van der Waals surface area contributed by atoms with Crippen molar-refractivity contribution in [3.8, 4) is 0 Å². The molecule has 0 heterocycles. The number of hydrogen-bond acceptors (Lipinski definition) is 3. The van der Waals surface area contributed by atoms with Gasteiger partial charge in [0.2, 0.25) is 10.0 Å². The first-order valence-electron chi connectivity index (χ1n) is 7.60. The highest BCUT2D eigenvalue weighted by Gasteiger charge is 2.14. The predicted octanol–water partition coefficient (Wildman–Crippen LogP) is 2.64. The molecule has 0 saturated heterocycles. The summed E-state index contributed by atoms with van der Waals surface area (Å²) in [4.78, 5) is 13.8. The molecule has 22 heavy (non-hydrogen) atoms. The Balaban J connectivity index is 2.72. The van der Waals surface area contributed by atoms with E-state index in [1.807, 2.05) is 20.8 Å². The molecule has 1 aromatic carbocycles. The van der Waals surface area contributed by atoms with Crippen LogP contribution in [0.5, 0.6) is 0 Å². The van der Waals surface area contributed by atoms with Crippen molar-refractivity contribution in [3.63, 3.8) is 0 Å². The molecule has 0 spiro atoms. The molecular formula is C15H25N3O3S. The summed E-state index contributed by atoms with van der Waals surface area (Å²) in [5, 5.41) is 2.75. The number of nitrogens with one attached hydrogen (secondary N) is 2. The summed E-state index contributed by atoms with van der Waals surface area (Å²) in [6.07, 6.45) is 1.73. The number of amides is 2. The van der Waals surface area contributed by atoms with Crippen molar-refractivity contribution in [2.24, 2.45) is 0 Å². The standard InChI is InChI=1S/C15H25N3O3S/c1-4-7-12-16-22(20,21)14-10-8-13(9-11-14)17-15(19)18(5-2)6-3/h8-11,16H,4-7,12H2,1-3H3,(H,17,19). The van der Waals surface area contributed by atoms with E-state index in [0.29, 0.717) is 25.3 Å². The maximum atomic E-state index is 12.0. The number of carbonyl (C=O) groups is 1. The minimum atomic E-state index is -3.48. The Kier molecular flexibility index (Phi) is 7.34. The zero-order valence-electron chi connectivity index (χ0n) is 13.4. The fraction of sp³-hybridized carbons (Fsp3) is 0.533. The number of sulfonamides is 1. The molecule has 0 aromatic heterocycles. The predicted molar refractivity (Wildman–Crippen MR) is 88.5 cm³/mol. The van der Waals surface area contributed by atoms with E-state index in [9.17, 15) is 13.2 Å². The Morgan fingerprint density at radius 1 is 1.09 bits per heavy atom. The van der Waals surface area contributed by atoms with Gasteiger partial charge in [-0.25, -0.2) is 17.9 Å². The molecule has 0 radical (unpaired) electrons. The molecular weight excluding hydrogens is 302 g/mol. The minimum Gasteiger partial charge on any atom is -0.325 e. The Morgan fingerprint density at radius 3 is 2.18 bits per heavy atom. The minimum absolute atomic E-state index is 0.193. The molecule has 124 valence electrons. The van der Waals surface area contributed by atoms with Gasteiger partial charge in [0.1, 0.15) is 0 Å². The van der Waals surface area contributed by atoms with E-state index in [0.717, 1.165) is 12.8 Å². The van der Waals surface area contributed by atoms with Gasteiger partial charge in [-0.3, -0.25) is 0 Å². The van der Waals surface area contributed by atoms with E-state index >= 15 is 0 Å². The molecule has 2 amide bonds. The monoisotopic (exact) mass is 327 g/mol. The van der Waals surface area contributed by atoms with Crippen LogP contribution in [0.25, 0.3) is 0 Å². The average molecular weight is 327 g/mol. The van der Waals surface area contributed by atoms with Crippen LogP contribution in [0, 0.1) is 0 Å². The molecule has 0 atom stereocenters. The normalized spacial score (nSPS) is 11.2. The summed E-state index contributed by atoms with van der Waals surface area (Å²) < 4.78 is 26.6. The van der Waals surface area contributed by atoms with E-state index in [-0.39, 0.29) is 10.9 Å². The number of anilines is 1. The van der Waals surface area contributed by atoms with Crippen molar-refractivity contribution in [3.05, 3.63) is 24.3 Å². The van der Waals surface area contributed by atoms with Crippen LogP contribution >= 0.6 is 0 Å². The number of nitrogens with zero attached hydrogens (tertiary/aromatic N) is 1. The van der Waals surface area contributed by atoms with E-state index in [1.165, 1.54) is 12.1 Å². The lowest BCUT2D eigenvalue weighted by Crippen LogP contribution is -2.34. The van der Waals surface area contributed by atoms with Crippen LogP contribution in [0.3, 0.4) is 0 Å². The SMILES string of the molecule is CCCCNS(=O)(=O)c1ccc(NC(=O)N(CC)CC)cc1. The average Bonchev–Trinajstić information content (AvgIpc) is 2.49. The third-order valence-electron chi connectivity index (χ3n) is 3.29. The second-order valence-corrected chi connectivity index (χ2v) is 6.65. The molecule has 7 heteroatoms. The molecule has 0 saturated carbocycles. The molecule has 0 aliphatic carbocycles. The maximum Gasteiger partial charge on any atom is 0.321 e. The Labute approximate surface area is 132 Å². The number of benzene rings is 1. The van der Waals surface area contributed by atoms with Crippen molar-refractivity contribution < 1.29 is 13.2 Å². The third kappa shape index (κ3) is 5.31. The summed E-state index contributed by atoms with van der Waals surface area (Å²) in [5.74, 6) is 0. The fourth-order valence-corrected chi connectivity index (χ4v) is 2.97. The van der Waals surface area contributed by atoms with E-state index in [2.05, 4.69) is 10.0 Å². The quantitative estimate of drug-likeness (QED) is 0.721. The number of rotatable bonds is 8. The highest BCUT2D eigenvalue weighted by atomic mass is 32.2. The highest BCUT2D eigenvalue weighted by molar-refractivity contribution is 7.89. The molecule has 1 rings (SSSR count). The number of carbonyl (C=O) groups excluding carboxylic acids is 1. The van der Waals surface area contributed by atoms with Gasteiger partial charge in [0.25, 0.3) is 0 Å². The van der Waals surface area contributed by atoms with Crippen LogP contribution in [-0.2, 0) is 10.0 Å². The van der Waals surface area contributed by atoms with Gasteiger partial charge >= 0.3 is 6.03 Å². The van der Waals surface area contributed by atoms with Crippen molar-refractivity contribution in [2.45, 2.75) is 38.5 Å². The van der Waals surface area contributed by atoms with Gasteiger partial charge in [0, 0.05) is 25.3 Å². The van der Waals surface area contributed by atoms with Crippen LogP contribution in [0.15, 0.2) is 29.2 Å². The smallest absolute Gasteiger partial charge is 0.321 e. The Bertz CT molecular complexity index is 566. The summed E-state index contributed by atoms with van der Waals surface area (Å²) in [6.45, 7) is 7.48.